The van der Waals surface area contributed by atoms with Gasteiger partial charge in [0.1, 0.15) is 6.07 Å². The molecule has 34 heavy (non-hydrogen) atoms. The summed E-state index contributed by atoms with van der Waals surface area (Å²) in [6.07, 6.45) is 5.29. The number of fused-ring (bicyclic) bond motifs is 2. The Morgan fingerprint density at radius 1 is 1.18 bits per heavy atom. The lowest BCUT2D eigenvalue weighted by Gasteiger charge is -2.44. The van der Waals surface area contributed by atoms with E-state index in [-0.39, 0.29) is 12.2 Å². The van der Waals surface area contributed by atoms with E-state index in [1.54, 1.807) is 6.20 Å². The molecule has 3 unspecified atom stereocenters. The van der Waals surface area contributed by atoms with E-state index in [2.05, 4.69) is 63.0 Å². The van der Waals surface area contributed by atoms with E-state index in [1.165, 1.54) is 11.3 Å². The highest BCUT2D eigenvalue weighted by atomic mass is 16.5. The number of hydrogen-bond donors (Lipinski definition) is 1. The maximum atomic E-state index is 9.48. The van der Waals surface area contributed by atoms with Gasteiger partial charge in [0, 0.05) is 80.8 Å². The molecule has 6 rings (SSSR count). The first-order chi connectivity index (χ1) is 16.6. The Kier molecular flexibility index (Phi) is 5.48. The fourth-order valence-electron chi connectivity index (χ4n) is 5.63. The summed E-state index contributed by atoms with van der Waals surface area (Å²) in [5.74, 6) is 0. The maximum absolute atomic E-state index is 9.48. The van der Waals surface area contributed by atoms with E-state index in [0.717, 1.165) is 62.3 Å². The van der Waals surface area contributed by atoms with Crippen LogP contribution in [-0.2, 0) is 17.7 Å². The molecule has 8 nitrogen and oxygen atoms in total. The first-order valence-corrected chi connectivity index (χ1v) is 12.3. The van der Waals surface area contributed by atoms with Crippen LogP contribution in [0.1, 0.15) is 36.7 Å². The van der Waals surface area contributed by atoms with Crippen LogP contribution >= 0.6 is 0 Å². The molecule has 5 heterocycles. The van der Waals surface area contributed by atoms with Crippen LogP contribution in [0.3, 0.4) is 0 Å². The summed E-state index contributed by atoms with van der Waals surface area (Å²) in [7, 11) is 0. The number of hydrogen-bond acceptors (Lipinski definition) is 7. The smallest absolute Gasteiger partial charge is 0.101 e. The normalized spacial score (nSPS) is 25.7. The van der Waals surface area contributed by atoms with Crippen molar-refractivity contribution in [2.24, 2.45) is 0 Å². The van der Waals surface area contributed by atoms with E-state index >= 15 is 0 Å². The van der Waals surface area contributed by atoms with Crippen molar-refractivity contribution < 1.29 is 4.74 Å². The van der Waals surface area contributed by atoms with Gasteiger partial charge in [-0.25, -0.2) is 0 Å². The van der Waals surface area contributed by atoms with Gasteiger partial charge in [0.15, 0.2) is 0 Å². The molecule has 3 aliphatic rings. The van der Waals surface area contributed by atoms with Crippen LogP contribution < -0.4 is 10.2 Å². The summed E-state index contributed by atoms with van der Waals surface area (Å²) in [5.41, 5.74) is 5.13. The summed E-state index contributed by atoms with van der Waals surface area (Å²) >= 11 is 0. The lowest BCUT2D eigenvalue weighted by atomic mass is 10.0. The zero-order chi connectivity index (χ0) is 23.2. The Morgan fingerprint density at radius 2 is 2.06 bits per heavy atom. The molecule has 0 aliphatic carbocycles. The maximum Gasteiger partial charge on any atom is 0.101 e. The van der Waals surface area contributed by atoms with Crippen LogP contribution in [0.25, 0.3) is 10.9 Å². The molecule has 2 fully saturated rings. The molecular formula is C26H31N7O. The second-order valence-corrected chi connectivity index (χ2v) is 10.1. The Morgan fingerprint density at radius 3 is 2.91 bits per heavy atom. The first kappa shape index (κ1) is 21.5. The van der Waals surface area contributed by atoms with Crippen molar-refractivity contribution in [2.75, 3.05) is 37.6 Å². The highest BCUT2D eigenvalue weighted by Gasteiger charge is 2.34. The van der Waals surface area contributed by atoms with Gasteiger partial charge in [-0.15, -0.1) is 0 Å². The molecule has 0 spiro atoms. The molecule has 3 aromatic rings. The van der Waals surface area contributed by atoms with E-state index in [1.807, 2.05) is 12.1 Å². The molecule has 3 atom stereocenters. The third-order valence-electron chi connectivity index (χ3n) is 7.34. The predicted octanol–water partition coefficient (Wildman–Crippen LogP) is 2.49. The molecule has 2 saturated heterocycles. The number of ether oxygens (including phenoxy) is 1. The topological polar surface area (TPSA) is 82.2 Å². The van der Waals surface area contributed by atoms with Gasteiger partial charge < -0.3 is 15.0 Å². The van der Waals surface area contributed by atoms with Crippen LogP contribution in [0.5, 0.6) is 0 Å². The predicted molar refractivity (Wildman–Crippen MR) is 131 cm³/mol. The Labute approximate surface area is 200 Å². The molecule has 3 aliphatic heterocycles. The molecule has 8 heteroatoms. The third-order valence-corrected chi connectivity index (χ3v) is 7.34. The zero-order valence-electron chi connectivity index (χ0n) is 19.8. The molecule has 0 amide bonds. The molecule has 0 radical (unpaired) electrons. The first-order valence-electron chi connectivity index (χ1n) is 12.3. The van der Waals surface area contributed by atoms with Gasteiger partial charge in [-0.1, -0.05) is 0 Å². The van der Waals surface area contributed by atoms with Gasteiger partial charge in [-0.3, -0.25) is 14.6 Å². The number of aromatic nitrogens is 3. The minimum absolute atomic E-state index is 0.142. The van der Waals surface area contributed by atoms with Crippen molar-refractivity contribution in [3.63, 3.8) is 0 Å². The van der Waals surface area contributed by atoms with Gasteiger partial charge >= 0.3 is 0 Å². The molecule has 0 bridgehead atoms. The molecule has 0 saturated carbocycles. The summed E-state index contributed by atoms with van der Waals surface area (Å²) in [6.45, 7) is 9.91. The number of benzene rings is 1. The van der Waals surface area contributed by atoms with Gasteiger partial charge in [0.25, 0.3) is 0 Å². The average molecular weight is 458 g/mol. The van der Waals surface area contributed by atoms with E-state index in [9.17, 15) is 5.26 Å². The Hall–Kier alpha value is -2.99. The fourth-order valence-corrected chi connectivity index (χ4v) is 5.63. The van der Waals surface area contributed by atoms with E-state index < -0.39 is 0 Å². The molecule has 176 valence electrons. The minimum atomic E-state index is 0.142. The Bertz CT molecular complexity index is 1240. The minimum Gasteiger partial charge on any atom is -0.370 e. The largest absolute Gasteiger partial charge is 0.370 e. The number of nitrogens with zero attached hydrogens (tertiary/aromatic N) is 6. The summed E-state index contributed by atoms with van der Waals surface area (Å²) < 4.78 is 8.53. The summed E-state index contributed by atoms with van der Waals surface area (Å²) in [6, 6.07) is 11.2. The summed E-state index contributed by atoms with van der Waals surface area (Å²) in [4.78, 5) is 9.36. The Balaban J connectivity index is 1.12. The lowest BCUT2D eigenvalue weighted by Crippen LogP contribution is -2.56. The monoisotopic (exact) mass is 457 g/mol. The molecule has 1 N–H and O–H groups in total. The van der Waals surface area contributed by atoms with Crippen LogP contribution in [0.15, 0.2) is 36.7 Å². The second kappa shape index (κ2) is 8.66. The van der Waals surface area contributed by atoms with Crippen molar-refractivity contribution in [3.05, 3.63) is 53.5 Å². The highest BCUT2D eigenvalue weighted by Crippen LogP contribution is 2.31. The number of likely N-dealkylation sites (tertiary alicyclic amines) is 1. The molecular weight excluding hydrogens is 426 g/mol. The molecule has 2 aromatic heterocycles. The van der Waals surface area contributed by atoms with E-state index in [0.29, 0.717) is 17.6 Å². The molecule has 1 aromatic carbocycles. The zero-order valence-corrected chi connectivity index (χ0v) is 19.8. The van der Waals surface area contributed by atoms with Crippen molar-refractivity contribution in [1.82, 2.24) is 25.0 Å². The fraction of sp³-hybridized carbons (Fsp3) is 0.500. The van der Waals surface area contributed by atoms with Crippen molar-refractivity contribution in [3.8, 4) is 6.07 Å². The van der Waals surface area contributed by atoms with Crippen molar-refractivity contribution in [1.29, 1.82) is 5.26 Å². The van der Waals surface area contributed by atoms with Gasteiger partial charge in [0.2, 0.25) is 0 Å². The third kappa shape index (κ3) is 3.94. The van der Waals surface area contributed by atoms with Crippen LogP contribution in [0, 0.1) is 11.3 Å². The van der Waals surface area contributed by atoms with Crippen LogP contribution in [0.4, 0.5) is 5.69 Å². The highest BCUT2D eigenvalue weighted by molar-refractivity contribution is 5.95. The van der Waals surface area contributed by atoms with Gasteiger partial charge in [0.05, 0.1) is 35.0 Å². The lowest BCUT2D eigenvalue weighted by molar-refractivity contribution is -0.0489. The quantitative estimate of drug-likeness (QED) is 0.645. The average Bonchev–Trinajstić information content (AvgIpc) is 3.22. The standard InChI is InChI=1S/C26H31N7O/c1-17-8-24-20(10-29-17)12-33(30-24)21-13-31(14-21)15-22-16-32(11-18(2)34-22)25-6-5-19(9-27)26-23(25)4-3-7-28-26/h3-7,12,17-18,21-22,29H,8,10-11,13-16H2,1-2H3. The van der Waals surface area contributed by atoms with Crippen LogP contribution in [0.2, 0.25) is 0 Å². The number of anilines is 1. The van der Waals surface area contributed by atoms with Gasteiger partial charge in [-0.2, -0.15) is 10.4 Å². The number of pyridine rings is 1. The number of nitrogens with one attached hydrogen (secondary N) is 1. The van der Waals surface area contributed by atoms with Crippen LogP contribution in [-0.4, -0.2) is 70.6 Å². The second-order valence-electron chi connectivity index (χ2n) is 10.1. The number of nitriles is 1. The van der Waals surface area contributed by atoms with E-state index in [4.69, 9.17) is 9.84 Å². The number of morpholine rings is 1. The summed E-state index contributed by atoms with van der Waals surface area (Å²) in [5, 5.41) is 18.9. The van der Waals surface area contributed by atoms with Gasteiger partial charge in [-0.05, 0) is 38.1 Å². The SMILES string of the molecule is CC1Cc2nn(C3CN(CC4CN(c5ccc(C#N)c6ncccc56)CC(C)O4)C3)cc2CN1. The number of rotatable bonds is 4. The van der Waals surface area contributed by atoms with Crippen molar-refractivity contribution >= 4 is 16.6 Å². The van der Waals surface area contributed by atoms with Crippen molar-refractivity contribution in [2.45, 2.75) is 51.1 Å².